The lowest BCUT2D eigenvalue weighted by Crippen LogP contribution is -2.34. The van der Waals surface area contributed by atoms with Gasteiger partial charge in [0.1, 0.15) is 17.9 Å². The summed E-state index contributed by atoms with van der Waals surface area (Å²) in [5.41, 5.74) is 6.94. The monoisotopic (exact) mass is 325 g/mol. The summed E-state index contributed by atoms with van der Waals surface area (Å²) in [6.45, 7) is 3.50. The number of nitriles is 1. The fourth-order valence-electron chi connectivity index (χ4n) is 2.31. The van der Waals surface area contributed by atoms with E-state index in [0.717, 1.165) is 5.56 Å². The zero-order chi connectivity index (χ0) is 17.7. The minimum absolute atomic E-state index is 0.221. The van der Waals surface area contributed by atoms with E-state index in [4.69, 9.17) is 10.5 Å². The van der Waals surface area contributed by atoms with E-state index in [1.54, 1.807) is 25.1 Å². The van der Waals surface area contributed by atoms with Gasteiger partial charge in [-0.2, -0.15) is 10.3 Å². The van der Waals surface area contributed by atoms with Crippen molar-refractivity contribution < 1.29 is 14.7 Å². The Morgan fingerprint density at radius 2 is 1.88 bits per heavy atom. The number of ether oxygens (including phenoxy) is 1. The maximum Gasteiger partial charge on any atom is 0.339 e. The van der Waals surface area contributed by atoms with E-state index in [0.29, 0.717) is 21.9 Å². The first kappa shape index (κ1) is 17.3. The van der Waals surface area contributed by atoms with Gasteiger partial charge in [0.05, 0.1) is 11.6 Å². The highest BCUT2D eigenvalue weighted by molar-refractivity contribution is 5.71. The molecule has 0 spiro atoms. The Morgan fingerprint density at radius 1 is 1.21 bits per heavy atom. The molecule has 2 atom stereocenters. The molecule has 24 heavy (non-hydrogen) atoms. The van der Waals surface area contributed by atoms with E-state index in [1.165, 1.54) is 0 Å². The first-order valence-corrected chi connectivity index (χ1v) is 7.47. The lowest BCUT2D eigenvalue weighted by molar-refractivity contribution is -0.0710. The van der Waals surface area contributed by atoms with Crippen LogP contribution in [0, 0.1) is 11.3 Å². The van der Waals surface area contributed by atoms with Crippen LogP contribution < -0.4 is 10.5 Å². The highest BCUT2D eigenvalue weighted by atomic mass is 16.5. The predicted molar refractivity (Wildman–Crippen MR) is 88.3 cm³/mol. The number of urea groups is 1. The van der Waals surface area contributed by atoms with E-state index in [9.17, 15) is 15.3 Å². The fourth-order valence-corrected chi connectivity index (χ4v) is 2.31. The van der Waals surface area contributed by atoms with Crippen molar-refractivity contribution in [2.45, 2.75) is 26.0 Å². The second kappa shape index (κ2) is 7.49. The number of nitrogens with zero attached hydrogens (tertiary/aromatic N) is 2. The van der Waals surface area contributed by atoms with E-state index in [-0.39, 0.29) is 6.10 Å². The Balaban J connectivity index is 2.24. The zero-order valence-electron chi connectivity index (χ0n) is 13.5. The van der Waals surface area contributed by atoms with E-state index >= 15 is 0 Å². The van der Waals surface area contributed by atoms with Gasteiger partial charge in [-0.05, 0) is 37.1 Å². The summed E-state index contributed by atoms with van der Waals surface area (Å²) in [7, 11) is 0. The fraction of sp³-hybridized carbons (Fsp3) is 0.222. The molecule has 0 saturated carbocycles. The summed E-state index contributed by atoms with van der Waals surface area (Å²) in [4.78, 5) is 11.0. The predicted octanol–water partition coefficient (Wildman–Crippen LogP) is 3.53. The van der Waals surface area contributed by atoms with Gasteiger partial charge in [0.2, 0.25) is 0 Å². The number of rotatable bonds is 5. The Bertz CT molecular complexity index is 756. The summed E-state index contributed by atoms with van der Waals surface area (Å²) in [5, 5.41) is 19.4. The molecule has 0 heterocycles. The lowest BCUT2D eigenvalue weighted by Gasteiger charge is -2.22. The number of hydroxylamine groups is 2. The van der Waals surface area contributed by atoms with Gasteiger partial charge in [0.15, 0.2) is 0 Å². The number of carbonyl (C=O) groups is 1. The van der Waals surface area contributed by atoms with Gasteiger partial charge in [0, 0.05) is 0 Å². The Labute approximate surface area is 140 Å². The summed E-state index contributed by atoms with van der Waals surface area (Å²) >= 11 is 0. The minimum Gasteiger partial charge on any atom is -0.485 e. The molecule has 2 aromatic carbocycles. The van der Waals surface area contributed by atoms with Crippen LogP contribution in [0.25, 0.3) is 0 Å². The third-order valence-corrected chi connectivity index (χ3v) is 3.77. The highest BCUT2D eigenvalue weighted by Gasteiger charge is 2.19. The van der Waals surface area contributed by atoms with Crippen molar-refractivity contribution in [3.05, 3.63) is 65.2 Å². The van der Waals surface area contributed by atoms with Gasteiger partial charge in [0.25, 0.3) is 0 Å². The van der Waals surface area contributed by atoms with Crippen LogP contribution in [0.4, 0.5) is 4.79 Å². The van der Waals surface area contributed by atoms with Gasteiger partial charge in [-0.1, -0.05) is 36.4 Å². The van der Waals surface area contributed by atoms with Gasteiger partial charge in [-0.25, -0.2) is 4.79 Å². The smallest absolute Gasteiger partial charge is 0.339 e. The van der Waals surface area contributed by atoms with Crippen LogP contribution >= 0.6 is 0 Å². The third-order valence-electron chi connectivity index (χ3n) is 3.77. The van der Waals surface area contributed by atoms with E-state index in [2.05, 4.69) is 6.07 Å². The molecule has 2 amide bonds. The average molecular weight is 325 g/mol. The lowest BCUT2D eigenvalue weighted by atomic mass is 10.0. The molecular weight excluding hydrogens is 306 g/mol. The molecule has 2 unspecified atom stereocenters. The molecule has 0 radical (unpaired) electrons. The second-order valence-corrected chi connectivity index (χ2v) is 5.40. The number of hydrogen-bond donors (Lipinski definition) is 2. The van der Waals surface area contributed by atoms with Gasteiger partial charge >= 0.3 is 6.03 Å². The van der Waals surface area contributed by atoms with Crippen molar-refractivity contribution >= 4 is 6.03 Å². The standard InChI is InChI=1S/C18H19N3O3/c1-12(21(23)18(20)22)15-8-9-17(16(10-15)11-19)24-13(2)14-6-4-3-5-7-14/h3-10,12-13,23H,1-2H3,(H2,20,22). The van der Waals surface area contributed by atoms with Crippen LogP contribution in [0.5, 0.6) is 5.75 Å². The number of amides is 2. The Hall–Kier alpha value is -3.04. The van der Waals surface area contributed by atoms with Gasteiger partial charge < -0.3 is 10.5 Å². The molecule has 6 heteroatoms. The summed E-state index contributed by atoms with van der Waals surface area (Å²) < 4.78 is 5.87. The average Bonchev–Trinajstić information content (AvgIpc) is 2.61. The molecule has 2 rings (SSSR count). The SMILES string of the molecule is CC(Oc1ccc(C(C)N(O)C(N)=O)cc1C#N)c1ccccc1. The van der Waals surface area contributed by atoms with Gasteiger partial charge in [-0.3, -0.25) is 5.21 Å². The van der Waals surface area contributed by atoms with Crippen molar-refractivity contribution in [2.24, 2.45) is 5.73 Å². The summed E-state index contributed by atoms with van der Waals surface area (Å²) in [6.07, 6.45) is -0.221. The summed E-state index contributed by atoms with van der Waals surface area (Å²) in [5.74, 6) is 0.438. The van der Waals surface area contributed by atoms with Crippen LogP contribution in [0.15, 0.2) is 48.5 Å². The first-order valence-electron chi connectivity index (χ1n) is 7.47. The van der Waals surface area contributed by atoms with Gasteiger partial charge in [-0.15, -0.1) is 0 Å². The molecule has 0 bridgehead atoms. The van der Waals surface area contributed by atoms with Crippen molar-refractivity contribution in [3.8, 4) is 11.8 Å². The molecule has 2 aromatic rings. The largest absolute Gasteiger partial charge is 0.485 e. The van der Waals surface area contributed by atoms with Crippen molar-refractivity contribution in [1.29, 1.82) is 5.26 Å². The number of nitrogens with two attached hydrogens (primary N) is 1. The van der Waals surface area contributed by atoms with Crippen LogP contribution in [0.2, 0.25) is 0 Å². The quantitative estimate of drug-likeness (QED) is 0.648. The minimum atomic E-state index is -0.959. The molecule has 0 aliphatic carbocycles. The van der Waals surface area contributed by atoms with Crippen LogP contribution in [-0.4, -0.2) is 16.3 Å². The topological polar surface area (TPSA) is 99.6 Å². The maximum atomic E-state index is 11.0. The molecule has 6 nitrogen and oxygen atoms in total. The maximum absolute atomic E-state index is 11.0. The molecule has 0 aliphatic heterocycles. The Kier molecular flexibility index (Phi) is 5.40. The molecule has 0 aliphatic rings. The first-order chi connectivity index (χ1) is 11.4. The highest BCUT2D eigenvalue weighted by Crippen LogP contribution is 2.28. The molecular formula is C18H19N3O3. The molecule has 124 valence electrons. The van der Waals surface area contributed by atoms with Crippen molar-refractivity contribution in [1.82, 2.24) is 5.06 Å². The number of benzene rings is 2. The number of hydrogen-bond acceptors (Lipinski definition) is 4. The van der Waals surface area contributed by atoms with Crippen molar-refractivity contribution in [3.63, 3.8) is 0 Å². The number of primary amides is 1. The normalized spacial score (nSPS) is 12.8. The molecule has 0 fully saturated rings. The molecule has 3 N–H and O–H groups in total. The second-order valence-electron chi connectivity index (χ2n) is 5.40. The van der Waals surface area contributed by atoms with E-state index < -0.39 is 12.1 Å². The molecule has 0 saturated heterocycles. The van der Waals surface area contributed by atoms with Crippen LogP contribution in [-0.2, 0) is 0 Å². The Morgan fingerprint density at radius 3 is 2.46 bits per heavy atom. The zero-order valence-corrected chi connectivity index (χ0v) is 13.5. The molecule has 0 aromatic heterocycles. The van der Waals surface area contributed by atoms with Crippen molar-refractivity contribution in [2.75, 3.05) is 0 Å². The van der Waals surface area contributed by atoms with E-state index in [1.807, 2.05) is 37.3 Å². The third kappa shape index (κ3) is 3.83. The van der Waals surface area contributed by atoms with Crippen LogP contribution in [0.1, 0.15) is 42.7 Å². The summed E-state index contributed by atoms with van der Waals surface area (Å²) in [6, 6.07) is 15.0. The number of carbonyl (C=O) groups excluding carboxylic acids is 1. The van der Waals surface area contributed by atoms with Crippen LogP contribution in [0.3, 0.4) is 0 Å².